The van der Waals surface area contributed by atoms with Gasteiger partial charge in [0.2, 0.25) is 5.95 Å². The first-order valence-corrected chi connectivity index (χ1v) is 6.17. The number of rotatable bonds is 2. The highest BCUT2D eigenvalue weighted by Gasteiger charge is 2.32. The summed E-state index contributed by atoms with van der Waals surface area (Å²) in [6.07, 6.45) is -5.34. The highest BCUT2D eigenvalue weighted by atomic mass is 79.9. The number of halogens is 5. The Bertz CT molecular complexity index is 620. The number of hydrogen-bond acceptors (Lipinski definition) is 2. The van der Waals surface area contributed by atoms with Gasteiger partial charge in [0.15, 0.2) is 0 Å². The van der Waals surface area contributed by atoms with Crippen molar-refractivity contribution in [1.29, 1.82) is 0 Å². The van der Waals surface area contributed by atoms with E-state index in [1.807, 2.05) is 0 Å². The fraction of sp³-hybridized carbons (Fsp3) is 0.364. The number of fused-ring (bicyclic) bond motifs is 1. The fourth-order valence-electron chi connectivity index (χ4n) is 2.00. The fourth-order valence-corrected chi connectivity index (χ4v) is 2.33. The van der Waals surface area contributed by atoms with Gasteiger partial charge in [-0.3, -0.25) is 0 Å². The Balaban J connectivity index is 2.54. The molecule has 0 fully saturated rings. The molecule has 1 unspecified atom stereocenters. The maximum atomic E-state index is 13.3. The molecule has 0 saturated heterocycles. The van der Waals surface area contributed by atoms with Gasteiger partial charge in [-0.25, -0.2) is 9.37 Å². The predicted octanol–water partition coefficient (Wildman–Crippen LogP) is 4.03. The molecule has 0 radical (unpaired) electrons. The maximum Gasteiger partial charge on any atom is 0.391 e. The summed E-state index contributed by atoms with van der Waals surface area (Å²) in [5.74, 6) is -0.607. The minimum atomic E-state index is -4.31. The molecule has 2 aromatic rings. The Labute approximate surface area is 114 Å². The van der Waals surface area contributed by atoms with Crippen LogP contribution in [0, 0.1) is 5.82 Å². The van der Waals surface area contributed by atoms with Crippen molar-refractivity contribution in [2.24, 2.45) is 0 Å². The zero-order chi connectivity index (χ0) is 14.4. The van der Waals surface area contributed by atoms with Crippen molar-refractivity contribution in [2.75, 3.05) is 5.73 Å². The second-order valence-corrected chi connectivity index (χ2v) is 5.12. The van der Waals surface area contributed by atoms with E-state index in [0.717, 1.165) is 6.07 Å². The van der Waals surface area contributed by atoms with Gasteiger partial charge in [-0.15, -0.1) is 0 Å². The van der Waals surface area contributed by atoms with E-state index in [1.165, 1.54) is 17.6 Å². The largest absolute Gasteiger partial charge is 0.391 e. The molecule has 0 saturated carbocycles. The summed E-state index contributed by atoms with van der Waals surface area (Å²) in [4.78, 5) is 3.88. The monoisotopic (exact) mass is 339 g/mol. The van der Waals surface area contributed by atoms with E-state index in [9.17, 15) is 17.6 Å². The van der Waals surface area contributed by atoms with Crippen LogP contribution in [0.15, 0.2) is 16.6 Å². The first-order valence-electron chi connectivity index (χ1n) is 5.38. The summed E-state index contributed by atoms with van der Waals surface area (Å²) in [7, 11) is 0. The average Bonchev–Trinajstić information content (AvgIpc) is 2.52. The summed E-state index contributed by atoms with van der Waals surface area (Å²) in [5.41, 5.74) is 6.21. The van der Waals surface area contributed by atoms with Gasteiger partial charge < -0.3 is 10.3 Å². The van der Waals surface area contributed by atoms with Gasteiger partial charge in [-0.1, -0.05) is 0 Å². The van der Waals surface area contributed by atoms with Crippen LogP contribution in [0.3, 0.4) is 0 Å². The van der Waals surface area contributed by atoms with E-state index in [2.05, 4.69) is 20.9 Å². The van der Waals surface area contributed by atoms with Crippen molar-refractivity contribution in [2.45, 2.75) is 25.6 Å². The smallest absolute Gasteiger partial charge is 0.369 e. The van der Waals surface area contributed by atoms with E-state index in [0.29, 0.717) is 5.52 Å². The lowest BCUT2D eigenvalue weighted by Crippen LogP contribution is -2.17. The van der Waals surface area contributed by atoms with E-state index < -0.39 is 24.5 Å². The molecule has 8 heteroatoms. The summed E-state index contributed by atoms with van der Waals surface area (Å²) < 4.78 is 52.0. The van der Waals surface area contributed by atoms with E-state index in [1.54, 1.807) is 0 Å². The van der Waals surface area contributed by atoms with Gasteiger partial charge in [0.1, 0.15) is 5.82 Å². The number of anilines is 1. The molecule has 0 bridgehead atoms. The molecule has 1 heterocycles. The van der Waals surface area contributed by atoms with E-state index in [-0.39, 0.29) is 15.9 Å². The standard InChI is InChI=1S/C11H10BrF4N3/c1-5(4-11(14,15)16)19-9-2-6(12)7(13)3-8(9)18-10(19)17/h2-3,5H,4H2,1H3,(H2,17,18). The topological polar surface area (TPSA) is 43.8 Å². The van der Waals surface area contributed by atoms with Crippen molar-refractivity contribution in [3.05, 3.63) is 22.4 Å². The Hall–Kier alpha value is -1.31. The minimum absolute atomic E-state index is 0.0655. The highest BCUT2D eigenvalue weighted by Crippen LogP contribution is 2.33. The Morgan fingerprint density at radius 2 is 2.05 bits per heavy atom. The zero-order valence-corrected chi connectivity index (χ0v) is 11.4. The minimum Gasteiger partial charge on any atom is -0.369 e. The molecule has 1 aromatic carbocycles. The van der Waals surface area contributed by atoms with Crippen LogP contribution >= 0.6 is 15.9 Å². The number of hydrogen-bond donors (Lipinski definition) is 1. The van der Waals surface area contributed by atoms with Gasteiger partial charge in [0, 0.05) is 12.1 Å². The number of nitrogens with zero attached hydrogens (tertiary/aromatic N) is 2. The number of aromatic nitrogens is 2. The molecule has 3 nitrogen and oxygen atoms in total. The SMILES string of the molecule is CC(CC(F)(F)F)n1c(N)nc2cc(F)c(Br)cc21. The van der Waals surface area contributed by atoms with Crippen molar-refractivity contribution in [3.8, 4) is 0 Å². The molecule has 2 N–H and O–H groups in total. The molecule has 2 rings (SSSR count). The summed E-state index contributed by atoms with van der Waals surface area (Å²) in [5, 5.41) is 0. The summed E-state index contributed by atoms with van der Waals surface area (Å²) in [6, 6.07) is 1.59. The predicted molar refractivity (Wildman–Crippen MR) is 67.2 cm³/mol. The summed E-state index contributed by atoms with van der Waals surface area (Å²) >= 11 is 2.99. The molecule has 1 atom stereocenters. The van der Waals surface area contributed by atoms with Crippen molar-refractivity contribution in [1.82, 2.24) is 9.55 Å². The second-order valence-electron chi connectivity index (χ2n) is 4.26. The lowest BCUT2D eigenvalue weighted by Gasteiger charge is -2.17. The molecular formula is C11H10BrF4N3. The molecule has 0 aliphatic carbocycles. The van der Waals surface area contributed by atoms with E-state index in [4.69, 9.17) is 5.73 Å². The lowest BCUT2D eigenvalue weighted by molar-refractivity contribution is -0.141. The first kappa shape index (κ1) is 14.1. The molecular weight excluding hydrogens is 330 g/mol. The lowest BCUT2D eigenvalue weighted by atomic mass is 10.2. The quantitative estimate of drug-likeness (QED) is 0.839. The Morgan fingerprint density at radius 1 is 1.42 bits per heavy atom. The Kier molecular flexibility index (Phi) is 3.46. The molecule has 1 aromatic heterocycles. The second kappa shape index (κ2) is 4.66. The molecule has 0 aliphatic rings. The van der Waals surface area contributed by atoms with Gasteiger partial charge in [-0.05, 0) is 28.9 Å². The summed E-state index contributed by atoms with van der Waals surface area (Å²) in [6.45, 7) is 1.39. The third kappa shape index (κ3) is 2.83. The van der Waals surface area contributed by atoms with E-state index >= 15 is 0 Å². The van der Waals surface area contributed by atoms with Crippen LogP contribution < -0.4 is 5.73 Å². The van der Waals surface area contributed by atoms with Crippen LogP contribution in [-0.4, -0.2) is 15.7 Å². The number of nitrogens with two attached hydrogens (primary N) is 1. The third-order valence-corrected chi connectivity index (χ3v) is 3.33. The van der Waals surface area contributed by atoms with Gasteiger partial charge >= 0.3 is 6.18 Å². The molecule has 104 valence electrons. The van der Waals surface area contributed by atoms with Crippen LogP contribution in [0.25, 0.3) is 11.0 Å². The molecule has 19 heavy (non-hydrogen) atoms. The van der Waals surface area contributed by atoms with Gasteiger partial charge in [0.05, 0.1) is 21.9 Å². The van der Waals surface area contributed by atoms with Gasteiger partial charge in [0.25, 0.3) is 0 Å². The molecule has 0 aliphatic heterocycles. The van der Waals surface area contributed by atoms with Crippen LogP contribution in [0.4, 0.5) is 23.5 Å². The third-order valence-electron chi connectivity index (χ3n) is 2.73. The van der Waals surface area contributed by atoms with Crippen LogP contribution in [0.2, 0.25) is 0 Å². The van der Waals surface area contributed by atoms with Crippen LogP contribution in [0.1, 0.15) is 19.4 Å². The van der Waals surface area contributed by atoms with Crippen LogP contribution in [-0.2, 0) is 0 Å². The average molecular weight is 340 g/mol. The van der Waals surface area contributed by atoms with Crippen molar-refractivity contribution < 1.29 is 17.6 Å². The highest BCUT2D eigenvalue weighted by molar-refractivity contribution is 9.10. The maximum absolute atomic E-state index is 13.3. The number of benzene rings is 1. The van der Waals surface area contributed by atoms with Crippen molar-refractivity contribution >= 4 is 32.9 Å². The zero-order valence-electron chi connectivity index (χ0n) is 9.80. The number of imidazole rings is 1. The van der Waals surface area contributed by atoms with Gasteiger partial charge in [-0.2, -0.15) is 13.2 Å². The Morgan fingerprint density at radius 3 is 2.63 bits per heavy atom. The molecule has 0 spiro atoms. The normalized spacial score (nSPS) is 14.0. The number of nitrogen functional groups attached to an aromatic ring is 1. The van der Waals surface area contributed by atoms with Crippen molar-refractivity contribution in [3.63, 3.8) is 0 Å². The molecule has 0 amide bonds. The number of alkyl halides is 3. The van der Waals surface area contributed by atoms with Crippen LogP contribution in [0.5, 0.6) is 0 Å². The first-order chi connectivity index (χ1) is 8.69.